The first-order valence-electron chi connectivity index (χ1n) is 11.6. The summed E-state index contributed by atoms with van der Waals surface area (Å²) in [5, 5.41) is 0. The van der Waals surface area contributed by atoms with Crippen molar-refractivity contribution >= 4 is 5.78 Å². The molecule has 0 amide bonds. The van der Waals surface area contributed by atoms with E-state index < -0.39 is 0 Å². The molecule has 4 aliphatic rings. The van der Waals surface area contributed by atoms with Gasteiger partial charge in [-0.15, -0.1) is 0 Å². The molecule has 0 aliphatic heterocycles. The normalized spacial score (nSPS) is 49.2. The Hall–Kier alpha value is -0.370. The van der Waals surface area contributed by atoms with Gasteiger partial charge in [-0.3, -0.25) is 4.79 Å². The van der Waals surface area contributed by atoms with Crippen LogP contribution in [0.15, 0.2) is 0 Å². The Morgan fingerprint density at radius 2 is 1.88 bits per heavy atom. The quantitative estimate of drug-likeness (QED) is 0.711. The summed E-state index contributed by atoms with van der Waals surface area (Å²) in [7, 11) is 0. The summed E-state index contributed by atoms with van der Waals surface area (Å²) in [5.74, 6) is 5.74. The fourth-order valence-corrected chi connectivity index (χ4v) is 8.25. The van der Waals surface area contributed by atoms with Crippen LogP contribution in [0.3, 0.4) is 0 Å². The van der Waals surface area contributed by atoms with Crippen molar-refractivity contribution in [3.05, 3.63) is 0 Å². The van der Waals surface area contributed by atoms with E-state index in [0.29, 0.717) is 17.1 Å². The number of hydrogen-bond donors (Lipinski definition) is 1. The summed E-state index contributed by atoms with van der Waals surface area (Å²) in [6.45, 7) is 8.29. The molecule has 8 unspecified atom stereocenters. The summed E-state index contributed by atoms with van der Waals surface area (Å²) in [4.78, 5) is 12.6. The molecule has 0 aromatic carbocycles. The molecule has 4 aliphatic carbocycles. The number of hydrogen-bond acceptors (Lipinski definition) is 2. The third kappa shape index (κ3) is 2.81. The molecule has 0 saturated heterocycles. The van der Waals surface area contributed by atoms with Crippen LogP contribution >= 0.6 is 0 Å². The first-order valence-corrected chi connectivity index (χ1v) is 11.6. The van der Waals surface area contributed by atoms with Gasteiger partial charge in [0.05, 0.1) is 0 Å². The molecule has 26 heavy (non-hydrogen) atoms. The molecule has 2 heteroatoms. The van der Waals surface area contributed by atoms with Gasteiger partial charge in [0.25, 0.3) is 0 Å². The van der Waals surface area contributed by atoms with Gasteiger partial charge in [0.2, 0.25) is 0 Å². The molecule has 148 valence electrons. The molecule has 0 aromatic heterocycles. The first-order chi connectivity index (χ1) is 12.4. The Bertz CT molecular complexity index is 544. The minimum Gasteiger partial charge on any atom is -0.330 e. The van der Waals surface area contributed by atoms with Gasteiger partial charge in [0.15, 0.2) is 0 Å². The van der Waals surface area contributed by atoms with Crippen molar-refractivity contribution in [1.29, 1.82) is 0 Å². The van der Waals surface area contributed by atoms with Gasteiger partial charge < -0.3 is 5.73 Å². The predicted octanol–water partition coefficient (Wildman–Crippen LogP) is 5.59. The van der Waals surface area contributed by atoms with Crippen LogP contribution in [0, 0.1) is 46.3 Å². The van der Waals surface area contributed by atoms with Gasteiger partial charge in [-0.2, -0.15) is 0 Å². The lowest BCUT2D eigenvalue weighted by molar-refractivity contribution is -0.141. The molecule has 2 nitrogen and oxygen atoms in total. The third-order valence-electron chi connectivity index (χ3n) is 10.1. The number of Topliss-reactive ketones (excluding diaryl/α,β-unsaturated/α-hetero) is 1. The lowest BCUT2D eigenvalue weighted by Crippen LogP contribution is -2.53. The molecular formula is C24H41NO. The maximum Gasteiger partial charge on any atom is 0.139 e. The number of nitrogens with two attached hydrogens (primary N) is 1. The van der Waals surface area contributed by atoms with Crippen molar-refractivity contribution in [2.75, 3.05) is 6.54 Å². The minimum absolute atomic E-state index is 0.0400. The SMILES string of the molecule is CC(CCCN)C1CCC2(C)C(CCC3C4CCC(=O)C4(C)CCC32)C1. The summed E-state index contributed by atoms with van der Waals surface area (Å²) in [5.41, 5.74) is 6.34. The largest absolute Gasteiger partial charge is 0.330 e. The summed E-state index contributed by atoms with van der Waals surface area (Å²) in [6, 6.07) is 0. The van der Waals surface area contributed by atoms with Crippen LogP contribution in [-0.2, 0) is 4.79 Å². The summed E-state index contributed by atoms with van der Waals surface area (Å²) >= 11 is 0. The molecule has 0 heterocycles. The van der Waals surface area contributed by atoms with Crippen molar-refractivity contribution in [3.8, 4) is 0 Å². The fraction of sp³-hybridized carbons (Fsp3) is 0.958. The minimum atomic E-state index is 0.0400. The average molecular weight is 360 g/mol. The molecule has 0 aromatic rings. The molecule has 0 spiro atoms. The van der Waals surface area contributed by atoms with Gasteiger partial charge in [0, 0.05) is 11.8 Å². The molecule has 0 bridgehead atoms. The summed E-state index contributed by atoms with van der Waals surface area (Å²) in [6.07, 6.45) is 14.2. The first kappa shape index (κ1) is 19.0. The second-order valence-electron chi connectivity index (χ2n) is 11.0. The number of carbonyl (C=O) groups excluding carboxylic acids is 1. The van der Waals surface area contributed by atoms with Crippen molar-refractivity contribution in [1.82, 2.24) is 0 Å². The van der Waals surface area contributed by atoms with E-state index in [2.05, 4.69) is 20.8 Å². The van der Waals surface area contributed by atoms with Crippen LogP contribution in [0.25, 0.3) is 0 Å². The summed E-state index contributed by atoms with van der Waals surface area (Å²) < 4.78 is 0. The monoisotopic (exact) mass is 359 g/mol. The Kier molecular flexibility index (Phi) is 5.04. The van der Waals surface area contributed by atoms with E-state index in [9.17, 15) is 4.79 Å². The maximum absolute atomic E-state index is 12.6. The van der Waals surface area contributed by atoms with Crippen molar-refractivity contribution < 1.29 is 4.79 Å². The lowest BCUT2D eigenvalue weighted by atomic mass is 9.44. The standard InChI is InChI=1S/C24H41NO/c1-16(5-4-14-25)17-10-12-23(2)18(15-17)6-7-19-20-8-9-22(26)24(20,3)13-11-21(19)23/h16-21H,4-15,25H2,1-3H3. The molecule has 0 radical (unpaired) electrons. The van der Waals surface area contributed by atoms with E-state index in [1.54, 1.807) is 0 Å². The number of rotatable bonds is 4. The Labute approximate surface area is 161 Å². The van der Waals surface area contributed by atoms with Gasteiger partial charge in [0.1, 0.15) is 5.78 Å². The second kappa shape index (κ2) is 6.90. The molecule has 4 saturated carbocycles. The third-order valence-corrected chi connectivity index (χ3v) is 10.1. The van der Waals surface area contributed by atoms with Crippen LogP contribution in [0.2, 0.25) is 0 Å². The Morgan fingerprint density at radius 1 is 1.08 bits per heavy atom. The smallest absolute Gasteiger partial charge is 0.139 e. The van der Waals surface area contributed by atoms with Crippen molar-refractivity contribution in [3.63, 3.8) is 0 Å². The zero-order valence-electron chi connectivity index (χ0n) is 17.4. The van der Waals surface area contributed by atoms with Crippen molar-refractivity contribution in [2.24, 2.45) is 52.1 Å². The van der Waals surface area contributed by atoms with Gasteiger partial charge in [-0.05, 0) is 112 Å². The van der Waals surface area contributed by atoms with Crippen LogP contribution in [0.1, 0.15) is 91.4 Å². The van der Waals surface area contributed by atoms with E-state index in [1.807, 2.05) is 0 Å². The molecule has 4 rings (SSSR count). The van der Waals surface area contributed by atoms with Crippen LogP contribution in [-0.4, -0.2) is 12.3 Å². The van der Waals surface area contributed by atoms with Gasteiger partial charge in [-0.25, -0.2) is 0 Å². The second-order valence-corrected chi connectivity index (χ2v) is 11.0. The topological polar surface area (TPSA) is 43.1 Å². The zero-order valence-corrected chi connectivity index (χ0v) is 17.4. The van der Waals surface area contributed by atoms with Crippen molar-refractivity contribution in [2.45, 2.75) is 91.4 Å². The number of fused-ring (bicyclic) bond motifs is 5. The Balaban J connectivity index is 1.48. The fourth-order valence-electron chi connectivity index (χ4n) is 8.25. The van der Waals surface area contributed by atoms with E-state index >= 15 is 0 Å². The number of carbonyl (C=O) groups is 1. The highest BCUT2D eigenvalue weighted by atomic mass is 16.1. The zero-order chi connectivity index (χ0) is 18.5. The highest BCUT2D eigenvalue weighted by molar-refractivity contribution is 5.87. The molecule has 4 fully saturated rings. The van der Waals surface area contributed by atoms with E-state index in [1.165, 1.54) is 64.2 Å². The van der Waals surface area contributed by atoms with Crippen LogP contribution < -0.4 is 5.73 Å². The van der Waals surface area contributed by atoms with Gasteiger partial charge in [-0.1, -0.05) is 20.8 Å². The molecule has 8 atom stereocenters. The van der Waals surface area contributed by atoms with Gasteiger partial charge >= 0.3 is 0 Å². The average Bonchev–Trinajstić information content (AvgIpc) is 2.94. The number of ketones is 1. The molecule has 2 N–H and O–H groups in total. The van der Waals surface area contributed by atoms with E-state index in [0.717, 1.165) is 42.6 Å². The van der Waals surface area contributed by atoms with E-state index in [4.69, 9.17) is 5.73 Å². The highest BCUT2D eigenvalue weighted by Crippen LogP contribution is 2.66. The highest BCUT2D eigenvalue weighted by Gasteiger charge is 2.60. The van der Waals surface area contributed by atoms with E-state index in [-0.39, 0.29) is 5.41 Å². The lowest BCUT2D eigenvalue weighted by Gasteiger charge is -2.60. The van der Waals surface area contributed by atoms with Crippen LogP contribution in [0.4, 0.5) is 0 Å². The predicted molar refractivity (Wildman–Crippen MR) is 108 cm³/mol. The Morgan fingerprint density at radius 3 is 2.65 bits per heavy atom. The maximum atomic E-state index is 12.6. The van der Waals surface area contributed by atoms with Crippen LogP contribution in [0.5, 0.6) is 0 Å². The molecular weight excluding hydrogens is 318 g/mol.